The lowest BCUT2D eigenvalue weighted by Crippen LogP contribution is -2.67. The average molecular weight is 170 g/mol. The van der Waals surface area contributed by atoms with Crippen molar-refractivity contribution >= 4 is 0 Å². The zero-order valence-corrected chi connectivity index (χ0v) is 6.76. The molecule has 3 heterocycles. The summed E-state index contributed by atoms with van der Waals surface area (Å²) in [7, 11) is 0. The predicted octanol–water partition coefficient (Wildman–Crippen LogP) is 0.0588. The quantitative estimate of drug-likeness (QED) is 0.523. The van der Waals surface area contributed by atoms with Crippen molar-refractivity contribution in [3.63, 3.8) is 0 Å². The molecule has 3 aliphatic rings. The van der Waals surface area contributed by atoms with Gasteiger partial charge in [0, 0.05) is 19.6 Å². The second-order valence-corrected chi connectivity index (χ2v) is 3.71. The van der Waals surface area contributed by atoms with Crippen molar-refractivity contribution in [1.82, 2.24) is 4.90 Å². The molecule has 0 aliphatic carbocycles. The zero-order valence-electron chi connectivity index (χ0n) is 6.76. The molecule has 12 heavy (non-hydrogen) atoms. The van der Waals surface area contributed by atoms with E-state index in [9.17, 15) is 9.50 Å². The Morgan fingerprint density at radius 1 is 1.42 bits per heavy atom. The van der Waals surface area contributed by atoms with Gasteiger partial charge in [-0.1, -0.05) is 0 Å². The number of hydrogen-bond donors (Lipinski definition) is 1. The highest BCUT2D eigenvalue weighted by Crippen LogP contribution is 2.42. The fourth-order valence-electron chi connectivity index (χ4n) is 2.08. The van der Waals surface area contributed by atoms with E-state index in [-0.39, 0.29) is 19.4 Å². The molecular formula is C8H11FN2O. The lowest BCUT2D eigenvalue weighted by molar-refractivity contribution is -0.151. The van der Waals surface area contributed by atoms with Crippen LogP contribution in [0, 0.1) is 11.3 Å². The Balaban J connectivity index is 2.34. The molecule has 3 fully saturated rings. The van der Waals surface area contributed by atoms with E-state index >= 15 is 0 Å². The second-order valence-electron chi connectivity index (χ2n) is 3.71. The summed E-state index contributed by atoms with van der Waals surface area (Å²) in [5.41, 5.74) is -3.42. The summed E-state index contributed by atoms with van der Waals surface area (Å²) in [6, 6.07) is 1.69. The van der Waals surface area contributed by atoms with E-state index in [1.807, 2.05) is 4.90 Å². The molecule has 0 amide bonds. The first-order valence-corrected chi connectivity index (χ1v) is 4.15. The summed E-state index contributed by atoms with van der Waals surface area (Å²) in [6.45, 7) is 1.50. The number of piperidine rings is 3. The van der Waals surface area contributed by atoms with E-state index in [0.29, 0.717) is 13.1 Å². The molecule has 3 saturated heterocycles. The Morgan fingerprint density at radius 3 is 2.33 bits per heavy atom. The molecule has 0 saturated carbocycles. The highest BCUT2D eigenvalue weighted by Gasteiger charge is 2.58. The van der Waals surface area contributed by atoms with Crippen LogP contribution >= 0.6 is 0 Å². The molecular weight excluding hydrogens is 159 g/mol. The van der Waals surface area contributed by atoms with Crippen molar-refractivity contribution in [1.29, 1.82) is 5.26 Å². The molecule has 4 heteroatoms. The molecule has 2 bridgehead atoms. The van der Waals surface area contributed by atoms with Crippen molar-refractivity contribution in [2.24, 2.45) is 0 Å². The number of rotatable bonds is 0. The van der Waals surface area contributed by atoms with E-state index in [1.54, 1.807) is 6.07 Å². The van der Waals surface area contributed by atoms with Crippen LogP contribution in [0.5, 0.6) is 0 Å². The number of halogens is 1. The lowest BCUT2D eigenvalue weighted by Gasteiger charge is -2.50. The van der Waals surface area contributed by atoms with Crippen molar-refractivity contribution < 1.29 is 9.50 Å². The average Bonchev–Trinajstić information content (AvgIpc) is 2.08. The first kappa shape index (κ1) is 7.96. The van der Waals surface area contributed by atoms with Gasteiger partial charge in [-0.15, -0.1) is 0 Å². The third kappa shape index (κ3) is 0.809. The number of nitrogens with zero attached hydrogens (tertiary/aromatic N) is 2. The Labute approximate surface area is 70.4 Å². The Morgan fingerprint density at radius 2 is 2.00 bits per heavy atom. The number of hydrogen-bond acceptors (Lipinski definition) is 3. The highest BCUT2D eigenvalue weighted by atomic mass is 19.1. The summed E-state index contributed by atoms with van der Waals surface area (Å²) in [4.78, 5) is 1.94. The summed E-state index contributed by atoms with van der Waals surface area (Å²) in [5.74, 6) is 0. The summed E-state index contributed by atoms with van der Waals surface area (Å²) in [5, 5.41) is 18.3. The smallest absolute Gasteiger partial charge is 0.198 e. The van der Waals surface area contributed by atoms with Crippen molar-refractivity contribution in [3.8, 4) is 6.07 Å². The topological polar surface area (TPSA) is 47.3 Å². The molecule has 1 N–H and O–H groups in total. The Kier molecular flexibility index (Phi) is 1.45. The minimum Gasteiger partial charge on any atom is -0.372 e. The normalized spacial score (nSPS) is 51.9. The number of aliphatic hydroxyl groups is 1. The van der Waals surface area contributed by atoms with E-state index in [4.69, 9.17) is 5.26 Å². The van der Waals surface area contributed by atoms with Crippen LogP contribution in [0.2, 0.25) is 0 Å². The van der Waals surface area contributed by atoms with E-state index in [0.717, 1.165) is 0 Å². The van der Waals surface area contributed by atoms with Gasteiger partial charge >= 0.3 is 0 Å². The molecule has 0 radical (unpaired) electrons. The molecule has 3 nitrogen and oxygen atoms in total. The monoisotopic (exact) mass is 170 g/mol. The fourth-order valence-corrected chi connectivity index (χ4v) is 2.08. The van der Waals surface area contributed by atoms with Crippen molar-refractivity contribution in [2.75, 3.05) is 19.6 Å². The van der Waals surface area contributed by atoms with Crippen LogP contribution in [0.15, 0.2) is 0 Å². The van der Waals surface area contributed by atoms with Crippen LogP contribution in [-0.2, 0) is 0 Å². The minimum atomic E-state index is -1.76. The van der Waals surface area contributed by atoms with Gasteiger partial charge in [-0.3, -0.25) is 4.90 Å². The lowest BCUT2D eigenvalue weighted by atomic mass is 9.73. The first-order chi connectivity index (χ1) is 5.60. The van der Waals surface area contributed by atoms with Crippen LogP contribution in [0.1, 0.15) is 12.8 Å². The summed E-state index contributed by atoms with van der Waals surface area (Å²) >= 11 is 0. The molecule has 0 aromatic carbocycles. The maximum Gasteiger partial charge on any atom is 0.198 e. The first-order valence-electron chi connectivity index (χ1n) is 4.15. The third-order valence-corrected chi connectivity index (χ3v) is 3.03. The molecule has 1 unspecified atom stereocenters. The molecule has 3 rings (SSSR count). The van der Waals surface area contributed by atoms with Crippen LogP contribution in [0.3, 0.4) is 0 Å². The second kappa shape index (κ2) is 2.18. The molecule has 66 valence electrons. The van der Waals surface area contributed by atoms with Gasteiger partial charge in [0.1, 0.15) is 6.07 Å². The van der Waals surface area contributed by atoms with Gasteiger partial charge in [-0.25, -0.2) is 4.39 Å². The van der Waals surface area contributed by atoms with Crippen LogP contribution in [-0.4, -0.2) is 40.9 Å². The van der Waals surface area contributed by atoms with Gasteiger partial charge in [-0.2, -0.15) is 5.26 Å². The van der Waals surface area contributed by atoms with Crippen LogP contribution < -0.4 is 0 Å². The summed E-state index contributed by atoms with van der Waals surface area (Å²) < 4.78 is 13.9. The SMILES string of the molecule is N#CC1(O)CN2CCC1(F)CC2. The molecule has 1 atom stereocenters. The minimum absolute atomic E-state index is 0.167. The van der Waals surface area contributed by atoms with Gasteiger partial charge in [-0.05, 0) is 12.8 Å². The van der Waals surface area contributed by atoms with Crippen LogP contribution in [0.4, 0.5) is 4.39 Å². The van der Waals surface area contributed by atoms with E-state index in [2.05, 4.69) is 0 Å². The maximum absolute atomic E-state index is 13.9. The zero-order chi connectivity index (χ0) is 8.82. The standard InChI is InChI=1S/C8H11FN2O/c9-7-1-3-11(4-2-7)6-8(7,12)5-10/h12H,1-4,6H2. The van der Waals surface area contributed by atoms with Gasteiger partial charge in [0.25, 0.3) is 0 Å². The molecule has 0 spiro atoms. The largest absolute Gasteiger partial charge is 0.372 e. The van der Waals surface area contributed by atoms with Crippen LogP contribution in [0.25, 0.3) is 0 Å². The van der Waals surface area contributed by atoms with Gasteiger partial charge in [0.15, 0.2) is 11.3 Å². The van der Waals surface area contributed by atoms with E-state index in [1.165, 1.54) is 0 Å². The fraction of sp³-hybridized carbons (Fsp3) is 0.875. The Bertz CT molecular complexity index is 242. The van der Waals surface area contributed by atoms with Gasteiger partial charge in [0.05, 0.1) is 0 Å². The van der Waals surface area contributed by atoms with Crippen molar-refractivity contribution in [2.45, 2.75) is 24.1 Å². The molecule has 0 aromatic rings. The maximum atomic E-state index is 13.9. The predicted molar refractivity (Wildman–Crippen MR) is 40.1 cm³/mol. The van der Waals surface area contributed by atoms with Crippen molar-refractivity contribution in [3.05, 3.63) is 0 Å². The van der Waals surface area contributed by atoms with E-state index < -0.39 is 11.3 Å². The highest BCUT2D eigenvalue weighted by molar-refractivity contribution is 5.20. The number of fused-ring (bicyclic) bond motifs is 3. The summed E-state index contributed by atoms with van der Waals surface area (Å²) in [6.07, 6.45) is 0.578. The van der Waals surface area contributed by atoms with Gasteiger partial charge < -0.3 is 5.11 Å². The van der Waals surface area contributed by atoms with Gasteiger partial charge in [0.2, 0.25) is 0 Å². The number of alkyl halides is 1. The molecule has 3 aliphatic heterocycles. The Hall–Kier alpha value is -0.660. The number of nitriles is 1. The molecule has 0 aromatic heterocycles. The third-order valence-electron chi connectivity index (χ3n) is 3.03.